The molecule has 1 aliphatic heterocycles. The molecular weight excluding hydrogens is 368 g/mol. The van der Waals surface area contributed by atoms with E-state index in [0.717, 1.165) is 29.9 Å². The van der Waals surface area contributed by atoms with Crippen LogP contribution in [0.5, 0.6) is 17.4 Å². The van der Waals surface area contributed by atoms with Crippen LogP contribution in [-0.2, 0) is 6.54 Å². The molecule has 2 aliphatic rings. The Bertz CT molecular complexity index is 836. The number of benzene rings is 1. The lowest BCUT2D eigenvalue weighted by molar-refractivity contribution is 0.0936. The third-order valence-corrected chi connectivity index (χ3v) is 5.14. The Morgan fingerprint density at radius 1 is 1.17 bits per heavy atom. The van der Waals surface area contributed by atoms with Crippen molar-refractivity contribution >= 4 is 5.96 Å². The molecule has 0 radical (unpaired) electrons. The topological polar surface area (TPSA) is 77.0 Å². The maximum absolute atomic E-state index is 5.99. The molecule has 7 heteroatoms. The molecule has 1 unspecified atom stereocenters. The van der Waals surface area contributed by atoms with Crippen molar-refractivity contribution in [1.82, 2.24) is 15.6 Å². The van der Waals surface area contributed by atoms with Crippen LogP contribution in [-0.4, -0.2) is 43.4 Å². The van der Waals surface area contributed by atoms with E-state index in [4.69, 9.17) is 14.2 Å². The number of ether oxygens (including phenoxy) is 3. The predicted molar refractivity (Wildman–Crippen MR) is 112 cm³/mol. The van der Waals surface area contributed by atoms with Gasteiger partial charge in [-0.2, -0.15) is 0 Å². The van der Waals surface area contributed by atoms with Gasteiger partial charge in [0.05, 0.1) is 6.54 Å². The first-order chi connectivity index (χ1) is 14.3. The quantitative estimate of drug-likeness (QED) is 0.578. The van der Waals surface area contributed by atoms with Crippen LogP contribution in [0.3, 0.4) is 0 Å². The zero-order valence-corrected chi connectivity index (χ0v) is 16.8. The van der Waals surface area contributed by atoms with Gasteiger partial charge >= 0.3 is 0 Å². The van der Waals surface area contributed by atoms with Gasteiger partial charge in [-0.25, -0.2) is 4.98 Å². The lowest BCUT2D eigenvalue weighted by atomic mass is 10.2. The maximum Gasteiger partial charge on any atom is 0.213 e. The van der Waals surface area contributed by atoms with Crippen LogP contribution in [0.15, 0.2) is 47.6 Å². The zero-order chi connectivity index (χ0) is 19.9. The second-order valence-corrected chi connectivity index (χ2v) is 7.33. The largest absolute Gasteiger partial charge is 0.486 e. The van der Waals surface area contributed by atoms with Crippen molar-refractivity contribution in [3.63, 3.8) is 0 Å². The van der Waals surface area contributed by atoms with Gasteiger partial charge in [0.1, 0.15) is 18.8 Å². The first-order valence-electron chi connectivity index (χ1n) is 10.2. The highest BCUT2D eigenvalue weighted by atomic mass is 16.6. The first kappa shape index (κ1) is 19.4. The number of rotatable bonds is 6. The van der Waals surface area contributed by atoms with Crippen molar-refractivity contribution in [3.8, 4) is 17.4 Å². The van der Waals surface area contributed by atoms with Gasteiger partial charge in [0.25, 0.3) is 0 Å². The molecule has 0 amide bonds. The number of para-hydroxylation sites is 2. The van der Waals surface area contributed by atoms with Gasteiger partial charge in [-0.15, -0.1) is 0 Å². The zero-order valence-electron chi connectivity index (χ0n) is 16.8. The summed E-state index contributed by atoms with van der Waals surface area (Å²) in [4.78, 5) is 8.63. The van der Waals surface area contributed by atoms with Crippen molar-refractivity contribution in [2.45, 2.75) is 44.4 Å². The molecule has 154 valence electrons. The molecule has 1 aromatic heterocycles. The highest BCUT2D eigenvalue weighted by Gasteiger charge is 2.20. The van der Waals surface area contributed by atoms with E-state index in [2.05, 4.69) is 20.6 Å². The van der Waals surface area contributed by atoms with E-state index in [-0.39, 0.29) is 6.10 Å². The number of pyridine rings is 1. The average Bonchev–Trinajstić information content (AvgIpc) is 3.27. The van der Waals surface area contributed by atoms with E-state index in [0.29, 0.717) is 37.6 Å². The van der Waals surface area contributed by atoms with Gasteiger partial charge < -0.3 is 24.8 Å². The van der Waals surface area contributed by atoms with Gasteiger partial charge in [0.15, 0.2) is 17.5 Å². The minimum absolute atomic E-state index is 0.0733. The third kappa shape index (κ3) is 5.31. The van der Waals surface area contributed by atoms with Crippen LogP contribution in [0.1, 0.15) is 31.2 Å². The van der Waals surface area contributed by atoms with Crippen molar-refractivity contribution in [1.29, 1.82) is 0 Å². The second kappa shape index (κ2) is 9.49. The molecule has 2 aromatic rings. The van der Waals surface area contributed by atoms with E-state index >= 15 is 0 Å². The summed E-state index contributed by atoms with van der Waals surface area (Å²) in [6, 6.07) is 11.7. The molecule has 7 nitrogen and oxygen atoms in total. The van der Waals surface area contributed by atoms with E-state index < -0.39 is 0 Å². The third-order valence-electron chi connectivity index (χ3n) is 5.14. The van der Waals surface area contributed by atoms with Crippen LogP contribution in [0.2, 0.25) is 0 Å². The Morgan fingerprint density at radius 3 is 2.83 bits per heavy atom. The van der Waals surface area contributed by atoms with Crippen molar-refractivity contribution in [2.24, 2.45) is 4.99 Å². The number of aliphatic imine (C=N–C) groups is 1. The summed E-state index contributed by atoms with van der Waals surface area (Å²) in [5.41, 5.74) is 1.10. The molecular formula is C22H28N4O3. The molecule has 1 saturated carbocycles. The number of nitrogens with zero attached hydrogens (tertiary/aromatic N) is 2. The van der Waals surface area contributed by atoms with Gasteiger partial charge in [-0.3, -0.25) is 4.99 Å². The SMILES string of the molecule is CN=C(NCc1ccnc(OC2CCCC2)c1)NCC1COc2ccccc2O1. The van der Waals surface area contributed by atoms with Crippen LogP contribution in [0.4, 0.5) is 0 Å². The van der Waals surface area contributed by atoms with E-state index in [1.54, 1.807) is 13.2 Å². The number of nitrogens with one attached hydrogen (secondary N) is 2. The van der Waals surface area contributed by atoms with Crippen molar-refractivity contribution in [2.75, 3.05) is 20.2 Å². The molecule has 1 aromatic carbocycles. The second-order valence-electron chi connectivity index (χ2n) is 7.33. The molecule has 1 aliphatic carbocycles. The minimum atomic E-state index is -0.0733. The summed E-state index contributed by atoms with van der Waals surface area (Å²) in [5.74, 6) is 2.98. The summed E-state index contributed by atoms with van der Waals surface area (Å²) >= 11 is 0. The molecule has 0 saturated heterocycles. The highest BCUT2D eigenvalue weighted by Crippen LogP contribution is 2.30. The Kier molecular flexibility index (Phi) is 6.34. The summed E-state index contributed by atoms with van der Waals surface area (Å²) in [6.45, 7) is 1.74. The fourth-order valence-electron chi connectivity index (χ4n) is 3.58. The molecule has 2 heterocycles. The molecule has 0 bridgehead atoms. The summed E-state index contributed by atoms with van der Waals surface area (Å²) in [5, 5.41) is 6.63. The normalized spacial score (nSPS) is 19.1. The van der Waals surface area contributed by atoms with Crippen molar-refractivity contribution in [3.05, 3.63) is 48.2 Å². The minimum Gasteiger partial charge on any atom is -0.486 e. The van der Waals surface area contributed by atoms with Gasteiger partial charge in [0, 0.05) is 25.9 Å². The molecule has 1 fully saturated rings. The molecule has 29 heavy (non-hydrogen) atoms. The van der Waals surface area contributed by atoms with E-state index in [9.17, 15) is 0 Å². The Morgan fingerprint density at radius 2 is 2.00 bits per heavy atom. The van der Waals surface area contributed by atoms with Gasteiger partial charge in [0.2, 0.25) is 5.88 Å². The average molecular weight is 396 g/mol. The standard InChI is InChI=1S/C22H28N4O3/c1-23-22(26-14-18-15-27-19-8-4-5-9-20(19)28-18)25-13-16-10-11-24-21(12-16)29-17-6-2-3-7-17/h4-5,8-12,17-18H,2-3,6-7,13-15H2,1H3,(H2,23,25,26). The molecule has 4 rings (SSSR count). The number of hydrogen-bond acceptors (Lipinski definition) is 5. The lowest BCUT2D eigenvalue weighted by Gasteiger charge is -2.27. The van der Waals surface area contributed by atoms with Crippen LogP contribution in [0, 0.1) is 0 Å². The maximum atomic E-state index is 5.99. The lowest BCUT2D eigenvalue weighted by Crippen LogP contribution is -2.45. The molecule has 0 spiro atoms. The number of fused-ring (bicyclic) bond motifs is 1. The Labute approximate surface area is 171 Å². The Balaban J connectivity index is 1.24. The fraction of sp³-hybridized carbons (Fsp3) is 0.455. The van der Waals surface area contributed by atoms with Gasteiger partial charge in [-0.1, -0.05) is 12.1 Å². The molecule has 2 N–H and O–H groups in total. The number of hydrogen-bond donors (Lipinski definition) is 2. The summed E-state index contributed by atoms with van der Waals surface area (Å²) in [7, 11) is 1.75. The first-order valence-corrected chi connectivity index (χ1v) is 10.2. The summed E-state index contributed by atoms with van der Waals surface area (Å²) in [6.07, 6.45) is 6.77. The van der Waals surface area contributed by atoms with Crippen LogP contribution < -0.4 is 24.8 Å². The molecule has 1 atom stereocenters. The van der Waals surface area contributed by atoms with Crippen molar-refractivity contribution < 1.29 is 14.2 Å². The van der Waals surface area contributed by atoms with Crippen LogP contribution in [0.25, 0.3) is 0 Å². The summed E-state index contributed by atoms with van der Waals surface area (Å²) < 4.78 is 17.7. The predicted octanol–water partition coefficient (Wildman–Crippen LogP) is 2.91. The van der Waals surface area contributed by atoms with E-state index in [1.165, 1.54) is 12.8 Å². The highest BCUT2D eigenvalue weighted by molar-refractivity contribution is 5.79. The number of guanidine groups is 1. The smallest absolute Gasteiger partial charge is 0.213 e. The van der Waals surface area contributed by atoms with E-state index in [1.807, 2.05) is 36.4 Å². The van der Waals surface area contributed by atoms with Gasteiger partial charge in [-0.05, 0) is 49.4 Å². The fourth-order valence-corrected chi connectivity index (χ4v) is 3.58. The monoisotopic (exact) mass is 396 g/mol. The number of aromatic nitrogens is 1. The Hall–Kier alpha value is -2.96. The van der Waals surface area contributed by atoms with Crippen LogP contribution >= 0.6 is 0 Å².